The Bertz CT molecular complexity index is 1450. The number of carbonyl (C=O) groups is 1. The summed E-state index contributed by atoms with van der Waals surface area (Å²) < 4.78 is 13.1. The van der Waals surface area contributed by atoms with Crippen molar-refractivity contribution in [3.63, 3.8) is 0 Å². The number of aromatic amines is 1. The fourth-order valence-corrected chi connectivity index (χ4v) is 4.60. The summed E-state index contributed by atoms with van der Waals surface area (Å²) in [6, 6.07) is 21.4. The molecule has 1 heterocycles. The summed E-state index contributed by atoms with van der Waals surface area (Å²) in [5.74, 6) is 0.604. The van der Waals surface area contributed by atoms with E-state index in [0.717, 1.165) is 26.5 Å². The zero-order chi connectivity index (χ0) is 25.5. The minimum Gasteiger partial charge on any atom is -0.493 e. The number of carbonyl (C=O) groups excluding carboxylic acids is 1. The molecule has 1 amide bonds. The number of halogens is 2. The van der Waals surface area contributed by atoms with E-state index in [1.54, 1.807) is 19.2 Å². The summed E-state index contributed by atoms with van der Waals surface area (Å²) in [4.78, 5) is 15.9. The lowest BCUT2D eigenvalue weighted by molar-refractivity contribution is -0.117. The number of hydrogen-bond donors (Lipinski definition) is 2. The predicted molar refractivity (Wildman–Crippen MR) is 148 cm³/mol. The van der Waals surface area contributed by atoms with E-state index in [2.05, 4.69) is 42.2 Å². The van der Waals surface area contributed by atoms with E-state index in [1.165, 1.54) is 6.08 Å². The van der Waals surface area contributed by atoms with Crippen LogP contribution < -0.4 is 14.8 Å². The smallest absolute Gasteiger partial charge is 0.261 e. The fraction of sp³-hybridized carbons (Fsp3) is 0.143. The van der Waals surface area contributed by atoms with Crippen LogP contribution in [-0.4, -0.2) is 24.5 Å². The molecule has 0 unspecified atom stereocenters. The number of amides is 1. The molecule has 36 heavy (non-hydrogen) atoms. The van der Waals surface area contributed by atoms with Crippen molar-refractivity contribution >= 4 is 54.7 Å². The number of para-hydroxylation sites is 1. The summed E-state index contributed by atoms with van der Waals surface area (Å²) >= 11 is 6.95. The van der Waals surface area contributed by atoms with Gasteiger partial charge in [-0.1, -0.05) is 46.3 Å². The predicted octanol–water partition coefficient (Wildman–Crippen LogP) is 6.55. The molecule has 0 fully saturated rings. The van der Waals surface area contributed by atoms with E-state index in [9.17, 15) is 10.1 Å². The third-order valence-corrected chi connectivity index (χ3v) is 6.70. The van der Waals surface area contributed by atoms with Gasteiger partial charge >= 0.3 is 0 Å². The molecule has 0 saturated carbocycles. The second-order valence-electron chi connectivity index (χ2n) is 7.98. The Hall–Kier alpha value is -3.54. The largest absolute Gasteiger partial charge is 0.493 e. The monoisotopic (exact) mass is 607 g/mol. The molecule has 2 N–H and O–H groups in total. The van der Waals surface area contributed by atoms with E-state index in [1.807, 2.05) is 60.8 Å². The minimum absolute atomic E-state index is 0.00594. The molecule has 0 spiro atoms. The summed E-state index contributed by atoms with van der Waals surface area (Å²) in [5, 5.41) is 13.6. The molecule has 0 aliphatic rings. The molecule has 0 aliphatic carbocycles. The lowest BCUT2D eigenvalue weighted by Crippen LogP contribution is -2.26. The normalized spacial score (nSPS) is 11.2. The van der Waals surface area contributed by atoms with Crippen LogP contribution in [0.3, 0.4) is 0 Å². The van der Waals surface area contributed by atoms with Crippen LogP contribution in [-0.2, 0) is 17.8 Å². The number of nitriles is 1. The van der Waals surface area contributed by atoms with Gasteiger partial charge in [0, 0.05) is 28.1 Å². The number of fused-ring (bicyclic) bond motifs is 1. The summed E-state index contributed by atoms with van der Waals surface area (Å²) in [6.45, 7) is 0.773. The molecule has 6 nitrogen and oxygen atoms in total. The Morgan fingerprint density at radius 2 is 1.92 bits per heavy atom. The van der Waals surface area contributed by atoms with Crippen molar-refractivity contribution in [1.29, 1.82) is 5.26 Å². The Kier molecular flexibility index (Phi) is 8.47. The van der Waals surface area contributed by atoms with Crippen LogP contribution >= 0.6 is 31.9 Å². The molecule has 0 saturated heterocycles. The zero-order valence-electron chi connectivity index (χ0n) is 19.5. The van der Waals surface area contributed by atoms with Crippen molar-refractivity contribution in [3.8, 4) is 17.6 Å². The van der Waals surface area contributed by atoms with Crippen LogP contribution in [0.1, 0.15) is 16.7 Å². The zero-order valence-corrected chi connectivity index (χ0v) is 22.6. The maximum atomic E-state index is 12.7. The Morgan fingerprint density at radius 1 is 1.14 bits per heavy atom. The van der Waals surface area contributed by atoms with Crippen LogP contribution in [0.4, 0.5) is 0 Å². The Balaban J connectivity index is 1.43. The van der Waals surface area contributed by atoms with E-state index in [-0.39, 0.29) is 5.57 Å². The van der Waals surface area contributed by atoms with E-state index in [4.69, 9.17) is 9.47 Å². The average molecular weight is 609 g/mol. The molecule has 8 heteroatoms. The second-order valence-corrected chi connectivity index (χ2v) is 9.75. The van der Waals surface area contributed by atoms with Crippen molar-refractivity contribution in [2.24, 2.45) is 0 Å². The SMILES string of the molecule is COc1cc(/C=C(/C#N)C(=O)NCCc2c[nH]c3ccccc23)cc(Br)c1OCc1ccc(Br)cc1. The highest BCUT2D eigenvalue weighted by Crippen LogP contribution is 2.38. The van der Waals surface area contributed by atoms with Gasteiger partial charge in [0.2, 0.25) is 0 Å². The first kappa shape index (κ1) is 25.5. The molecule has 4 rings (SSSR count). The Labute approximate surface area is 226 Å². The fourth-order valence-electron chi connectivity index (χ4n) is 3.76. The van der Waals surface area contributed by atoms with Crippen molar-refractivity contribution in [3.05, 3.63) is 98.1 Å². The van der Waals surface area contributed by atoms with E-state index >= 15 is 0 Å². The number of methoxy groups -OCH3 is 1. The molecular weight excluding hydrogens is 586 g/mol. The molecule has 0 aliphatic heterocycles. The highest BCUT2D eigenvalue weighted by Gasteiger charge is 2.14. The highest BCUT2D eigenvalue weighted by molar-refractivity contribution is 9.10. The van der Waals surface area contributed by atoms with Crippen LogP contribution in [0, 0.1) is 11.3 Å². The number of hydrogen-bond acceptors (Lipinski definition) is 4. The number of rotatable bonds is 9. The minimum atomic E-state index is -0.428. The number of benzene rings is 3. The second kappa shape index (κ2) is 11.9. The van der Waals surface area contributed by atoms with Gasteiger partial charge in [0.1, 0.15) is 18.2 Å². The first-order valence-corrected chi connectivity index (χ1v) is 12.8. The van der Waals surface area contributed by atoms with Gasteiger partial charge in [-0.25, -0.2) is 0 Å². The molecular formula is C28H23Br2N3O3. The molecule has 4 aromatic rings. The van der Waals surface area contributed by atoms with Crippen molar-refractivity contribution in [1.82, 2.24) is 10.3 Å². The topological polar surface area (TPSA) is 87.1 Å². The van der Waals surface area contributed by atoms with Crippen LogP contribution in [0.5, 0.6) is 11.5 Å². The van der Waals surface area contributed by atoms with Gasteiger partial charge in [0.25, 0.3) is 5.91 Å². The summed E-state index contributed by atoms with van der Waals surface area (Å²) in [5.41, 5.74) is 3.82. The molecule has 0 radical (unpaired) electrons. The number of nitrogens with one attached hydrogen (secondary N) is 2. The van der Waals surface area contributed by atoms with Gasteiger partial charge in [-0.3, -0.25) is 4.79 Å². The standard InChI is InChI=1S/C28H23Br2N3O3/c1-35-26-14-19(13-24(30)27(26)36-17-18-6-8-22(29)9-7-18)12-21(15-31)28(34)32-11-10-20-16-33-25-5-3-2-4-23(20)25/h2-9,12-14,16,33H,10-11,17H2,1H3,(H,32,34)/b21-12-. The molecule has 182 valence electrons. The van der Waals surface area contributed by atoms with Gasteiger partial charge in [-0.05, 0) is 75.4 Å². The highest BCUT2D eigenvalue weighted by atomic mass is 79.9. The average Bonchev–Trinajstić information content (AvgIpc) is 3.30. The first-order chi connectivity index (χ1) is 17.5. The molecule has 3 aromatic carbocycles. The maximum absolute atomic E-state index is 12.7. The van der Waals surface area contributed by atoms with Gasteiger partial charge < -0.3 is 19.8 Å². The van der Waals surface area contributed by atoms with Gasteiger partial charge in [-0.2, -0.15) is 5.26 Å². The lowest BCUT2D eigenvalue weighted by Gasteiger charge is -2.14. The summed E-state index contributed by atoms with van der Waals surface area (Å²) in [6.07, 6.45) is 4.13. The van der Waals surface area contributed by atoms with E-state index < -0.39 is 5.91 Å². The number of aromatic nitrogens is 1. The van der Waals surface area contributed by atoms with Crippen molar-refractivity contribution < 1.29 is 14.3 Å². The third kappa shape index (κ3) is 6.17. The van der Waals surface area contributed by atoms with Gasteiger partial charge in [-0.15, -0.1) is 0 Å². The van der Waals surface area contributed by atoms with Crippen LogP contribution in [0.2, 0.25) is 0 Å². The maximum Gasteiger partial charge on any atom is 0.261 e. The lowest BCUT2D eigenvalue weighted by atomic mass is 10.1. The van der Waals surface area contributed by atoms with Crippen LogP contribution in [0.15, 0.2) is 81.4 Å². The first-order valence-electron chi connectivity index (χ1n) is 11.2. The van der Waals surface area contributed by atoms with Crippen LogP contribution in [0.25, 0.3) is 17.0 Å². The summed E-state index contributed by atoms with van der Waals surface area (Å²) in [7, 11) is 1.55. The van der Waals surface area contributed by atoms with Gasteiger partial charge in [0.15, 0.2) is 11.5 Å². The van der Waals surface area contributed by atoms with Gasteiger partial charge in [0.05, 0.1) is 11.6 Å². The molecule has 1 aromatic heterocycles. The molecule has 0 bridgehead atoms. The molecule has 0 atom stereocenters. The van der Waals surface area contributed by atoms with Crippen molar-refractivity contribution in [2.75, 3.05) is 13.7 Å². The quantitative estimate of drug-likeness (QED) is 0.167. The van der Waals surface area contributed by atoms with Crippen molar-refractivity contribution in [2.45, 2.75) is 13.0 Å². The third-order valence-electron chi connectivity index (χ3n) is 5.58. The number of H-pyrrole nitrogens is 1. The number of nitrogens with zero attached hydrogens (tertiary/aromatic N) is 1. The Morgan fingerprint density at radius 3 is 2.67 bits per heavy atom. The van der Waals surface area contributed by atoms with E-state index in [0.29, 0.717) is 41.1 Å². The number of ether oxygens (including phenoxy) is 2.